The standard InChI is InChI=1S/C11H13NO2/c13-10(11-4-2-6-14-11)7-9-3-1-5-12-8-9/h1,3-5,8,10,13H,2,6-7H2. The number of rotatable bonds is 3. The van der Waals surface area contributed by atoms with Crippen LogP contribution in [-0.2, 0) is 11.2 Å². The van der Waals surface area contributed by atoms with Crippen molar-refractivity contribution in [3.8, 4) is 0 Å². The number of aromatic nitrogens is 1. The Balaban J connectivity index is 1.97. The molecule has 0 bridgehead atoms. The van der Waals surface area contributed by atoms with E-state index < -0.39 is 6.10 Å². The predicted molar refractivity (Wildman–Crippen MR) is 52.6 cm³/mol. The molecule has 0 aromatic carbocycles. The monoisotopic (exact) mass is 191 g/mol. The van der Waals surface area contributed by atoms with Crippen LogP contribution in [0, 0.1) is 0 Å². The highest BCUT2D eigenvalue weighted by atomic mass is 16.5. The molecule has 0 saturated heterocycles. The molecular weight excluding hydrogens is 178 g/mol. The first-order chi connectivity index (χ1) is 6.86. The zero-order chi connectivity index (χ0) is 9.80. The van der Waals surface area contributed by atoms with E-state index in [1.165, 1.54) is 0 Å². The van der Waals surface area contributed by atoms with Gasteiger partial charge in [-0.15, -0.1) is 0 Å². The van der Waals surface area contributed by atoms with Crippen molar-refractivity contribution in [2.24, 2.45) is 0 Å². The summed E-state index contributed by atoms with van der Waals surface area (Å²) in [6, 6.07) is 3.82. The Morgan fingerprint density at radius 2 is 2.50 bits per heavy atom. The van der Waals surface area contributed by atoms with E-state index >= 15 is 0 Å². The van der Waals surface area contributed by atoms with Crippen LogP contribution in [0.4, 0.5) is 0 Å². The number of aliphatic hydroxyl groups excluding tert-OH is 1. The summed E-state index contributed by atoms with van der Waals surface area (Å²) in [7, 11) is 0. The van der Waals surface area contributed by atoms with Gasteiger partial charge >= 0.3 is 0 Å². The Morgan fingerprint density at radius 1 is 1.57 bits per heavy atom. The van der Waals surface area contributed by atoms with E-state index in [9.17, 15) is 5.11 Å². The van der Waals surface area contributed by atoms with Crippen molar-refractivity contribution in [3.63, 3.8) is 0 Å². The molecule has 0 saturated carbocycles. The van der Waals surface area contributed by atoms with Gasteiger partial charge in [-0.3, -0.25) is 4.98 Å². The molecule has 14 heavy (non-hydrogen) atoms. The van der Waals surface area contributed by atoms with Crippen molar-refractivity contribution in [1.29, 1.82) is 0 Å². The number of pyridine rings is 1. The molecule has 74 valence electrons. The minimum atomic E-state index is -0.526. The number of hydrogen-bond acceptors (Lipinski definition) is 3. The zero-order valence-corrected chi connectivity index (χ0v) is 7.89. The first-order valence-corrected chi connectivity index (χ1v) is 4.76. The van der Waals surface area contributed by atoms with Gasteiger partial charge in [0.15, 0.2) is 0 Å². The van der Waals surface area contributed by atoms with Crippen LogP contribution in [0.5, 0.6) is 0 Å². The van der Waals surface area contributed by atoms with E-state index in [1.807, 2.05) is 18.2 Å². The molecule has 0 spiro atoms. The maximum Gasteiger partial charge on any atom is 0.121 e. The second-order valence-electron chi connectivity index (χ2n) is 3.32. The molecule has 2 heterocycles. The molecule has 0 radical (unpaired) electrons. The van der Waals surface area contributed by atoms with Crippen LogP contribution in [0.2, 0.25) is 0 Å². The van der Waals surface area contributed by atoms with Gasteiger partial charge in [0, 0.05) is 25.2 Å². The summed E-state index contributed by atoms with van der Waals surface area (Å²) in [4.78, 5) is 3.99. The van der Waals surface area contributed by atoms with Crippen molar-refractivity contribution in [1.82, 2.24) is 4.98 Å². The number of aliphatic hydroxyl groups is 1. The quantitative estimate of drug-likeness (QED) is 0.782. The Kier molecular flexibility index (Phi) is 2.79. The molecule has 0 aliphatic carbocycles. The Labute approximate surface area is 83.1 Å². The lowest BCUT2D eigenvalue weighted by molar-refractivity contribution is 0.118. The first kappa shape index (κ1) is 9.21. The summed E-state index contributed by atoms with van der Waals surface area (Å²) in [6.07, 6.45) is 6.38. The smallest absolute Gasteiger partial charge is 0.121 e. The molecule has 1 aromatic rings. The summed E-state index contributed by atoms with van der Waals surface area (Å²) in [5.41, 5.74) is 1.02. The maximum atomic E-state index is 9.78. The van der Waals surface area contributed by atoms with Crippen LogP contribution in [0.15, 0.2) is 36.4 Å². The van der Waals surface area contributed by atoms with Gasteiger partial charge in [0.1, 0.15) is 11.9 Å². The van der Waals surface area contributed by atoms with Crippen LogP contribution in [0.3, 0.4) is 0 Å². The molecule has 3 heteroatoms. The molecule has 1 N–H and O–H groups in total. The molecular formula is C11H13NO2. The van der Waals surface area contributed by atoms with E-state index in [4.69, 9.17) is 4.74 Å². The van der Waals surface area contributed by atoms with Gasteiger partial charge in [0.25, 0.3) is 0 Å². The predicted octanol–water partition coefficient (Wildman–Crippen LogP) is 1.29. The maximum absolute atomic E-state index is 9.78. The van der Waals surface area contributed by atoms with Crippen molar-refractivity contribution in [3.05, 3.63) is 41.9 Å². The Morgan fingerprint density at radius 3 is 3.14 bits per heavy atom. The van der Waals surface area contributed by atoms with Gasteiger partial charge in [-0.05, 0) is 17.7 Å². The summed E-state index contributed by atoms with van der Waals surface area (Å²) in [5, 5.41) is 9.78. The molecule has 3 nitrogen and oxygen atoms in total. The molecule has 1 aromatic heterocycles. The van der Waals surface area contributed by atoms with Gasteiger partial charge in [-0.1, -0.05) is 6.07 Å². The fraction of sp³-hybridized carbons (Fsp3) is 0.364. The van der Waals surface area contributed by atoms with Crippen LogP contribution in [-0.4, -0.2) is 22.8 Å². The van der Waals surface area contributed by atoms with Gasteiger partial charge in [0.2, 0.25) is 0 Å². The van der Waals surface area contributed by atoms with E-state index in [2.05, 4.69) is 4.98 Å². The molecule has 0 amide bonds. The van der Waals surface area contributed by atoms with E-state index in [0.717, 1.165) is 12.0 Å². The fourth-order valence-electron chi connectivity index (χ4n) is 1.51. The Bertz CT molecular complexity index is 321. The molecule has 1 atom stereocenters. The minimum absolute atomic E-state index is 0.526. The van der Waals surface area contributed by atoms with Gasteiger partial charge < -0.3 is 9.84 Å². The van der Waals surface area contributed by atoms with Gasteiger partial charge in [-0.2, -0.15) is 0 Å². The topological polar surface area (TPSA) is 42.4 Å². The van der Waals surface area contributed by atoms with E-state index in [1.54, 1.807) is 12.4 Å². The molecule has 1 aliphatic heterocycles. The average Bonchev–Trinajstić information content (AvgIpc) is 2.72. The van der Waals surface area contributed by atoms with Gasteiger partial charge in [0.05, 0.1) is 6.61 Å². The third kappa shape index (κ3) is 2.12. The molecule has 1 unspecified atom stereocenters. The highest BCUT2D eigenvalue weighted by Crippen LogP contribution is 2.16. The van der Waals surface area contributed by atoms with E-state index in [0.29, 0.717) is 18.8 Å². The van der Waals surface area contributed by atoms with Crippen molar-refractivity contribution in [2.45, 2.75) is 18.9 Å². The lowest BCUT2D eigenvalue weighted by Crippen LogP contribution is -2.14. The first-order valence-electron chi connectivity index (χ1n) is 4.76. The minimum Gasteiger partial charge on any atom is -0.495 e. The van der Waals surface area contributed by atoms with Crippen molar-refractivity contribution < 1.29 is 9.84 Å². The molecule has 2 rings (SSSR count). The molecule has 0 fully saturated rings. The van der Waals surface area contributed by atoms with Crippen LogP contribution < -0.4 is 0 Å². The van der Waals surface area contributed by atoms with Crippen molar-refractivity contribution >= 4 is 0 Å². The second-order valence-corrected chi connectivity index (χ2v) is 3.32. The second kappa shape index (κ2) is 4.24. The summed E-state index contributed by atoms with van der Waals surface area (Å²) >= 11 is 0. The fourth-order valence-corrected chi connectivity index (χ4v) is 1.51. The lowest BCUT2D eigenvalue weighted by Gasteiger charge is -2.11. The van der Waals surface area contributed by atoms with Crippen LogP contribution >= 0.6 is 0 Å². The summed E-state index contributed by atoms with van der Waals surface area (Å²) in [6.45, 7) is 0.694. The van der Waals surface area contributed by atoms with Crippen LogP contribution in [0.1, 0.15) is 12.0 Å². The third-order valence-corrected chi connectivity index (χ3v) is 2.21. The normalized spacial score (nSPS) is 17.4. The highest BCUT2D eigenvalue weighted by molar-refractivity contribution is 5.14. The largest absolute Gasteiger partial charge is 0.495 e. The number of ether oxygens (including phenoxy) is 1. The summed E-state index contributed by atoms with van der Waals surface area (Å²) in [5.74, 6) is 0.703. The zero-order valence-electron chi connectivity index (χ0n) is 7.89. The highest BCUT2D eigenvalue weighted by Gasteiger charge is 2.16. The summed E-state index contributed by atoms with van der Waals surface area (Å²) < 4.78 is 5.28. The lowest BCUT2D eigenvalue weighted by atomic mass is 10.1. The third-order valence-electron chi connectivity index (χ3n) is 2.21. The Hall–Kier alpha value is -1.35. The average molecular weight is 191 g/mol. The van der Waals surface area contributed by atoms with Gasteiger partial charge in [-0.25, -0.2) is 0 Å². The molecule has 1 aliphatic rings. The van der Waals surface area contributed by atoms with Crippen molar-refractivity contribution in [2.75, 3.05) is 6.61 Å². The van der Waals surface area contributed by atoms with E-state index in [-0.39, 0.29) is 0 Å². The number of nitrogens with zero attached hydrogens (tertiary/aromatic N) is 1. The SMILES string of the molecule is OC(Cc1cccnc1)C1=CCCO1. The van der Waals surface area contributed by atoms with Crippen LogP contribution in [0.25, 0.3) is 0 Å². The number of hydrogen-bond donors (Lipinski definition) is 1.